The molecule has 1 atom stereocenters. The van der Waals surface area contributed by atoms with Gasteiger partial charge in [-0.25, -0.2) is 0 Å². The topological polar surface area (TPSA) is 55.2 Å². The van der Waals surface area contributed by atoms with E-state index in [1.165, 1.54) is 0 Å². The molecule has 0 amide bonds. The Labute approximate surface area is 63.5 Å². The standard InChI is InChI=1S/C5H10N2O2S/c8-7(9)4-5-6-2-1-3-10-5/h5-6H,1-4H2. The molecule has 0 radical (unpaired) electrons. The summed E-state index contributed by atoms with van der Waals surface area (Å²) in [6, 6.07) is 0. The summed E-state index contributed by atoms with van der Waals surface area (Å²) in [6.07, 6.45) is 1.12. The number of nitro groups is 1. The van der Waals surface area contributed by atoms with Gasteiger partial charge in [0.1, 0.15) is 5.37 Å². The molecule has 0 aromatic rings. The van der Waals surface area contributed by atoms with Gasteiger partial charge in [0.05, 0.1) is 0 Å². The van der Waals surface area contributed by atoms with Crippen molar-refractivity contribution in [3.8, 4) is 0 Å². The Morgan fingerprint density at radius 1 is 1.80 bits per heavy atom. The monoisotopic (exact) mass is 162 g/mol. The Kier molecular flexibility index (Phi) is 2.95. The highest BCUT2D eigenvalue weighted by Gasteiger charge is 2.17. The Hall–Kier alpha value is -0.290. The van der Waals surface area contributed by atoms with Crippen LogP contribution in [0.2, 0.25) is 0 Å². The van der Waals surface area contributed by atoms with Crippen molar-refractivity contribution in [1.29, 1.82) is 0 Å². The molecule has 1 heterocycles. The van der Waals surface area contributed by atoms with Gasteiger partial charge in [0.25, 0.3) is 0 Å². The average Bonchev–Trinajstić information content (AvgIpc) is 1.88. The maximum Gasteiger partial charge on any atom is 0.228 e. The maximum absolute atomic E-state index is 10.0. The predicted molar refractivity (Wildman–Crippen MR) is 40.7 cm³/mol. The highest BCUT2D eigenvalue weighted by atomic mass is 32.2. The zero-order valence-corrected chi connectivity index (χ0v) is 6.39. The second-order valence-electron chi connectivity index (χ2n) is 2.18. The third-order valence-electron chi connectivity index (χ3n) is 1.33. The van der Waals surface area contributed by atoms with E-state index in [1.54, 1.807) is 11.8 Å². The van der Waals surface area contributed by atoms with E-state index in [0.29, 0.717) is 0 Å². The van der Waals surface area contributed by atoms with E-state index in [0.717, 1.165) is 18.7 Å². The van der Waals surface area contributed by atoms with Crippen LogP contribution in [0.1, 0.15) is 6.42 Å². The van der Waals surface area contributed by atoms with Gasteiger partial charge in [-0.3, -0.25) is 15.4 Å². The van der Waals surface area contributed by atoms with Crippen LogP contribution in [0.4, 0.5) is 0 Å². The normalized spacial score (nSPS) is 26.2. The molecular formula is C5H10N2O2S. The summed E-state index contributed by atoms with van der Waals surface area (Å²) in [5.74, 6) is 1.05. The molecule has 58 valence electrons. The quantitative estimate of drug-likeness (QED) is 0.469. The van der Waals surface area contributed by atoms with Crippen LogP contribution in [0.3, 0.4) is 0 Å². The Bertz CT molecular complexity index is 125. The zero-order valence-electron chi connectivity index (χ0n) is 5.58. The van der Waals surface area contributed by atoms with Crippen LogP contribution >= 0.6 is 11.8 Å². The number of hydrogen-bond acceptors (Lipinski definition) is 4. The Balaban J connectivity index is 2.19. The lowest BCUT2D eigenvalue weighted by molar-refractivity contribution is -0.479. The van der Waals surface area contributed by atoms with Crippen LogP contribution in [0, 0.1) is 10.1 Å². The molecule has 1 N–H and O–H groups in total. The van der Waals surface area contributed by atoms with Crippen molar-refractivity contribution < 1.29 is 4.92 Å². The van der Waals surface area contributed by atoms with E-state index >= 15 is 0 Å². The van der Waals surface area contributed by atoms with Gasteiger partial charge in [-0.1, -0.05) is 0 Å². The maximum atomic E-state index is 10.0. The summed E-state index contributed by atoms with van der Waals surface area (Å²) in [4.78, 5) is 9.75. The largest absolute Gasteiger partial charge is 0.300 e. The number of nitrogens with zero attached hydrogens (tertiary/aromatic N) is 1. The van der Waals surface area contributed by atoms with E-state index in [9.17, 15) is 10.1 Å². The van der Waals surface area contributed by atoms with Gasteiger partial charge < -0.3 is 0 Å². The summed E-state index contributed by atoms with van der Waals surface area (Å²) in [5, 5.41) is 13.1. The molecule has 1 unspecified atom stereocenters. The van der Waals surface area contributed by atoms with Crippen molar-refractivity contribution in [3.05, 3.63) is 10.1 Å². The highest BCUT2D eigenvalue weighted by molar-refractivity contribution is 7.99. The first-order valence-electron chi connectivity index (χ1n) is 3.26. The summed E-state index contributed by atoms with van der Waals surface area (Å²) in [6.45, 7) is 0.968. The van der Waals surface area contributed by atoms with Gasteiger partial charge in [-0.15, -0.1) is 11.8 Å². The number of rotatable bonds is 2. The van der Waals surface area contributed by atoms with Crippen molar-refractivity contribution >= 4 is 11.8 Å². The van der Waals surface area contributed by atoms with Gasteiger partial charge in [0, 0.05) is 4.92 Å². The average molecular weight is 162 g/mol. The molecule has 1 aliphatic rings. The van der Waals surface area contributed by atoms with Crippen molar-refractivity contribution in [2.24, 2.45) is 0 Å². The van der Waals surface area contributed by atoms with E-state index < -0.39 is 0 Å². The molecule has 1 rings (SSSR count). The van der Waals surface area contributed by atoms with Crippen molar-refractivity contribution in [2.45, 2.75) is 11.8 Å². The molecule has 1 aliphatic heterocycles. The molecule has 0 aromatic heterocycles. The lowest BCUT2D eigenvalue weighted by Crippen LogP contribution is -2.37. The summed E-state index contributed by atoms with van der Waals surface area (Å²) >= 11 is 1.64. The SMILES string of the molecule is O=[N+]([O-])CC1NCCCS1. The van der Waals surface area contributed by atoms with Gasteiger partial charge in [0.15, 0.2) is 0 Å². The molecule has 0 spiro atoms. The van der Waals surface area contributed by atoms with Gasteiger partial charge in [-0.05, 0) is 18.7 Å². The molecule has 0 bridgehead atoms. The van der Waals surface area contributed by atoms with Crippen LogP contribution in [0.15, 0.2) is 0 Å². The van der Waals surface area contributed by atoms with Crippen LogP contribution in [0.25, 0.3) is 0 Å². The first-order chi connectivity index (χ1) is 4.79. The number of nitrogens with one attached hydrogen (secondary N) is 1. The third kappa shape index (κ3) is 2.53. The van der Waals surface area contributed by atoms with Crippen LogP contribution in [-0.4, -0.2) is 29.1 Å². The second-order valence-corrected chi connectivity index (χ2v) is 3.49. The summed E-state index contributed by atoms with van der Waals surface area (Å²) < 4.78 is 0. The van der Waals surface area contributed by atoms with E-state index in [-0.39, 0.29) is 16.8 Å². The molecular weight excluding hydrogens is 152 g/mol. The predicted octanol–water partition coefficient (Wildman–Crippen LogP) is 0.316. The van der Waals surface area contributed by atoms with Crippen molar-refractivity contribution in [2.75, 3.05) is 18.8 Å². The van der Waals surface area contributed by atoms with Gasteiger partial charge in [0.2, 0.25) is 6.54 Å². The minimum absolute atomic E-state index is 0.0451. The van der Waals surface area contributed by atoms with Gasteiger partial charge >= 0.3 is 0 Å². The minimum Gasteiger partial charge on any atom is -0.300 e. The molecule has 0 aromatic carbocycles. The molecule has 0 saturated carbocycles. The Morgan fingerprint density at radius 3 is 3.10 bits per heavy atom. The number of hydrogen-bond donors (Lipinski definition) is 1. The Morgan fingerprint density at radius 2 is 2.60 bits per heavy atom. The molecule has 1 saturated heterocycles. The third-order valence-corrected chi connectivity index (χ3v) is 2.57. The highest BCUT2D eigenvalue weighted by Crippen LogP contribution is 2.13. The lowest BCUT2D eigenvalue weighted by atomic mass is 10.4. The molecule has 10 heavy (non-hydrogen) atoms. The fourth-order valence-electron chi connectivity index (χ4n) is 0.872. The zero-order chi connectivity index (χ0) is 7.40. The molecule has 4 nitrogen and oxygen atoms in total. The molecule has 1 fully saturated rings. The number of thioether (sulfide) groups is 1. The second kappa shape index (κ2) is 3.78. The van der Waals surface area contributed by atoms with E-state index in [4.69, 9.17) is 0 Å². The van der Waals surface area contributed by atoms with Gasteiger partial charge in [-0.2, -0.15) is 0 Å². The molecule has 0 aliphatic carbocycles. The van der Waals surface area contributed by atoms with Crippen LogP contribution in [-0.2, 0) is 0 Å². The smallest absolute Gasteiger partial charge is 0.228 e. The lowest BCUT2D eigenvalue weighted by Gasteiger charge is -2.18. The van der Waals surface area contributed by atoms with Crippen molar-refractivity contribution in [3.63, 3.8) is 0 Å². The summed E-state index contributed by atoms with van der Waals surface area (Å²) in [7, 11) is 0. The van der Waals surface area contributed by atoms with E-state index in [2.05, 4.69) is 5.32 Å². The van der Waals surface area contributed by atoms with Crippen LogP contribution in [0.5, 0.6) is 0 Å². The minimum atomic E-state index is -0.268. The van der Waals surface area contributed by atoms with Crippen LogP contribution < -0.4 is 5.32 Å². The van der Waals surface area contributed by atoms with Crippen molar-refractivity contribution in [1.82, 2.24) is 5.32 Å². The fourth-order valence-corrected chi connectivity index (χ4v) is 1.93. The fraction of sp³-hybridized carbons (Fsp3) is 1.00. The first-order valence-corrected chi connectivity index (χ1v) is 4.30. The summed E-state index contributed by atoms with van der Waals surface area (Å²) in [5.41, 5.74) is 0. The first kappa shape index (κ1) is 7.81. The van der Waals surface area contributed by atoms with E-state index in [1.807, 2.05) is 0 Å². The molecule has 5 heteroatoms.